The molecule has 1 aromatic heterocycles. The van der Waals surface area contributed by atoms with Crippen LogP contribution in [-0.2, 0) is 7.05 Å². The fourth-order valence-electron chi connectivity index (χ4n) is 1.53. The van der Waals surface area contributed by atoms with Crippen molar-refractivity contribution in [3.63, 3.8) is 0 Å². The summed E-state index contributed by atoms with van der Waals surface area (Å²) in [6.07, 6.45) is 1.41. The molecule has 0 unspecified atom stereocenters. The summed E-state index contributed by atoms with van der Waals surface area (Å²) in [6, 6.07) is 8.15. The molecule has 1 heterocycles. The average Bonchev–Trinajstić information content (AvgIpc) is 2.43. The van der Waals surface area contributed by atoms with Crippen LogP contribution < -0.4 is 16.4 Å². The highest BCUT2D eigenvalue weighted by Crippen LogP contribution is 2.12. The van der Waals surface area contributed by atoms with E-state index >= 15 is 0 Å². The molecule has 1 amide bonds. The zero-order chi connectivity index (χ0) is 14.7. The maximum Gasteiger partial charge on any atom is 0.271 e. The van der Waals surface area contributed by atoms with E-state index in [1.165, 1.54) is 23.9 Å². The summed E-state index contributed by atoms with van der Waals surface area (Å²) < 4.78 is 1.25. The van der Waals surface area contributed by atoms with Crippen LogP contribution in [0.25, 0.3) is 0 Å². The van der Waals surface area contributed by atoms with Gasteiger partial charge in [-0.15, -0.1) is 0 Å². The smallest absolute Gasteiger partial charge is 0.271 e. The Morgan fingerprint density at radius 2 is 1.85 bits per heavy atom. The van der Waals surface area contributed by atoms with E-state index in [0.717, 1.165) is 0 Å². The molecule has 2 rings (SSSR count). The number of nitrogens with zero attached hydrogens (tertiary/aromatic N) is 1. The number of nitrogens with one attached hydrogen (secondary N) is 2. The molecular weight excluding hydrogens is 301 g/mol. The number of amides is 1. The van der Waals surface area contributed by atoms with Crippen molar-refractivity contribution < 1.29 is 4.79 Å². The second-order valence-electron chi connectivity index (χ2n) is 4.08. The summed E-state index contributed by atoms with van der Waals surface area (Å²) in [5.41, 5.74) is 5.84. The van der Waals surface area contributed by atoms with Crippen molar-refractivity contribution in [3.05, 3.63) is 62.5 Å². The summed E-state index contributed by atoms with van der Waals surface area (Å²) in [6.45, 7) is 0. The molecule has 104 valence electrons. The lowest BCUT2D eigenvalue weighted by Crippen LogP contribution is -2.30. The third-order valence-corrected chi connectivity index (χ3v) is 3.09. The Kier molecular flexibility index (Phi) is 4.32. The highest BCUT2D eigenvalue weighted by molar-refractivity contribution is 6.31. The number of halogens is 2. The number of benzene rings is 1. The van der Waals surface area contributed by atoms with Crippen molar-refractivity contribution >= 4 is 34.8 Å². The number of anilines is 1. The van der Waals surface area contributed by atoms with E-state index in [0.29, 0.717) is 10.7 Å². The summed E-state index contributed by atoms with van der Waals surface area (Å²) >= 11 is 11.5. The standard InChI is InChI=1S/C13H11Cl2N3O2/c1-18-7-8(6-11(15)13(18)20)12(19)17-16-10-4-2-9(14)3-5-10/h2-7,16H,1H3,(H,17,19). The van der Waals surface area contributed by atoms with Crippen molar-refractivity contribution in [3.8, 4) is 0 Å². The molecule has 0 saturated carbocycles. The topological polar surface area (TPSA) is 63.1 Å². The molecule has 0 spiro atoms. The van der Waals surface area contributed by atoms with Gasteiger partial charge in [0.1, 0.15) is 5.02 Å². The molecule has 0 aliphatic rings. The molecule has 7 heteroatoms. The number of hydrogen-bond acceptors (Lipinski definition) is 3. The van der Waals surface area contributed by atoms with Gasteiger partial charge in [0.15, 0.2) is 0 Å². The van der Waals surface area contributed by atoms with Gasteiger partial charge in [0.25, 0.3) is 11.5 Å². The molecule has 20 heavy (non-hydrogen) atoms. The Morgan fingerprint density at radius 1 is 1.20 bits per heavy atom. The van der Waals surface area contributed by atoms with E-state index in [-0.39, 0.29) is 16.1 Å². The second kappa shape index (κ2) is 5.98. The van der Waals surface area contributed by atoms with Crippen molar-refractivity contribution in [2.75, 3.05) is 5.43 Å². The van der Waals surface area contributed by atoms with E-state index in [4.69, 9.17) is 23.2 Å². The van der Waals surface area contributed by atoms with Crippen LogP contribution in [0.5, 0.6) is 0 Å². The molecule has 0 fully saturated rings. The van der Waals surface area contributed by atoms with E-state index in [9.17, 15) is 9.59 Å². The fourth-order valence-corrected chi connectivity index (χ4v) is 1.91. The van der Waals surface area contributed by atoms with Gasteiger partial charge in [-0.3, -0.25) is 20.4 Å². The molecule has 2 aromatic rings. The summed E-state index contributed by atoms with van der Waals surface area (Å²) in [7, 11) is 1.53. The van der Waals surface area contributed by atoms with Crippen LogP contribution in [-0.4, -0.2) is 10.5 Å². The predicted octanol–water partition coefficient (Wildman–Crippen LogP) is 2.45. The van der Waals surface area contributed by atoms with Gasteiger partial charge >= 0.3 is 0 Å². The first kappa shape index (κ1) is 14.4. The number of carbonyl (C=O) groups is 1. The number of carbonyl (C=O) groups excluding carboxylic acids is 1. The van der Waals surface area contributed by atoms with Gasteiger partial charge in [-0.1, -0.05) is 23.2 Å². The van der Waals surface area contributed by atoms with E-state index in [2.05, 4.69) is 10.9 Å². The SMILES string of the molecule is Cn1cc(C(=O)NNc2ccc(Cl)cc2)cc(Cl)c1=O. The number of rotatable bonds is 3. The average molecular weight is 312 g/mol. The highest BCUT2D eigenvalue weighted by atomic mass is 35.5. The highest BCUT2D eigenvalue weighted by Gasteiger charge is 2.09. The van der Waals surface area contributed by atoms with Gasteiger partial charge in [-0.2, -0.15) is 0 Å². The van der Waals surface area contributed by atoms with Crippen LogP contribution in [0.3, 0.4) is 0 Å². The Morgan fingerprint density at radius 3 is 2.45 bits per heavy atom. The first-order valence-corrected chi connectivity index (χ1v) is 6.41. The van der Waals surface area contributed by atoms with Gasteiger partial charge in [0.2, 0.25) is 0 Å². The van der Waals surface area contributed by atoms with Gasteiger partial charge in [-0.25, -0.2) is 0 Å². The van der Waals surface area contributed by atoms with Gasteiger partial charge in [0, 0.05) is 18.3 Å². The van der Waals surface area contributed by atoms with Gasteiger partial charge in [0.05, 0.1) is 11.3 Å². The molecule has 0 atom stereocenters. The molecule has 0 radical (unpaired) electrons. The third-order valence-electron chi connectivity index (χ3n) is 2.57. The number of hydrazine groups is 1. The first-order chi connectivity index (χ1) is 9.47. The lowest BCUT2D eigenvalue weighted by Gasteiger charge is -2.09. The normalized spacial score (nSPS) is 10.2. The van der Waals surface area contributed by atoms with E-state index in [1.807, 2.05) is 0 Å². The quantitative estimate of drug-likeness (QED) is 0.856. The van der Waals surface area contributed by atoms with Crippen LogP contribution in [0.15, 0.2) is 41.3 Å². The number of hydrogen-bond donors (Lipinski definition) is 2. The van der Waals surface area contributed by atoms with E-state index in [1.54, 1.807) is 24.3 Å². The van der Waals surface area contributed by atoms with Crippen LogP contribution >= 0.6 is 23.2 Å². The molecule has 2 N–H and O–H groups in total. The van der Waals surface area contributed by atoms with Crippen molar-refractivity contribution in [1.82, 2.24) is 9.99 Å². The number of aromatic nitrogens is 1. The minimum absolute atomic E-state index is 0.00774. The Hall–Kier alpha value is -1.98. The minimum Gasteiger partial charge on any atom is -0.317 e. The molecular formula is C13H11Cl2N3O2. The molecule has 5 nitrogen and oxygen atoms in total. The lowest BCUT2D eigenvalue weighted by atomic mass is 10.2. The molecule has 1 aromatic carbocycles. The van der Waals surface area contributed by atoms with Gasteiger partial charge < -0.3 is 4.57 Å². The van der Waals surface area contributed by atoms with Crippen LogP contribution in [0.2, 0.25) is 10.0 Å². The van der Waals surface area contributed by atoms with Gasteiger partial charge in [-0.05, 0) is 30.3 Å². The molecule has 0 bridgehead atoms. The van der Waals surface area contributed by atoms with Crippen molar-refractivity contribution in [1.29, 1.82) is 0 Å². The molecule has 0 saturated heterocycles. The van der Waals surface area contributed by atoms with Crippen LogP contribution in [0, 0.1) is 0 Å². The lowest BCUT2D eigenvalue weighted by molar-refractivity contribution is 0.0962. The fraction of sp³-hybridized carbons (Fsp3) is 0.0769. The largest absolute Gasteiger partial charge is 0.317 e. The summed E-state index contributed by atoms with van der Waals surface area (Å²) in [4.78, 5) is 23.4. The van der Waals surface area contributed by atoms with Crippen LogP contribution in [0.1, 0.15) is 10.4 Å². The Labute approximate surface area is 125 Å². The summed E-state index contributed by atoms with van der Waals surface area (Å²) in [5, 5.41) is 0.596. The number of aryl methyl sites for hydroxylation is 1. The maximum atomic E-state index is 11.9. The zero-order valence-electron chi connectivity index (χ0n) is 10.5. The van der Waals surface area contributed by atoms with Crippen LogP contribution in [0.4, 0.5) is 5.69 Å². The summed E-state index contributed by atoms with van der Waals surface area (Å²) in [5.74, 6) is -0.405. The zero-order valence-corrected chi connectivity index (χ0v) is 12.0. The monoisotopic (exact) mass is 311 g/mol. The van der Waals surface area contributed by atoms with Crippen molar-refractivity contribution in [2.45, 2.75) is 0 Å². The van der Waals surface area contributed by atoms with Crippen molar-refractivity contribution in [2.24, 2.45) is 7.05 Å². The minimum atomic E-state index is -0.405. The number of pyridine rings is 1. The Balaban J connectivity index is 2.09. The molecule has 0 aliphatic carbocycles. The second-order valence-corrected chi connectivity index (χ2v) is 4.92. The molecule has 0 aliphatic heterocycles. The maximum absolute atomic E-state index is 11.9. The van der Waals surface area contributed by atoms with E-state index < -0.39 is 5.91 Å². The predicted molar refractivity (Wildman–Crippen MR) is 79.2 cm³/mol. The first-order valence-electron chi connectivity index (χ1n) is 5.65. The third kappa shape index (κ3) is 3.31. The Bertz CT molecular complexity index is 670.